The number of rotatable bonds is 9. The van der Waals surface area contributed by atoms with E-state index in [-0.39, 0.29) is 53.6 Å². The van der Waals surface area contributed by atoms with E-state index < -0.39 is 5.91 Å². The van der Waals surface area contributed by atoms with Crippen LogP contribution >= 0.6 is 11.6 Å². The summed E-state index contributed by atoms with van der Waals surface area (Å²) in [4.78, 5) is 30.5. The molecule has 0 saturated carbocycles. The van der Waals surface area contributed by atoms with Gasteiger partial charge in [-0.05, 0) is 12.5 Å². The van der Waals surface area contributed by atoms with Crippen LogP contribution in [-0.2, 0) is 19.0 Å². The highest BCUT2D eigenvalue weighted by molar-refractivity contribution is 6.33. The number of ether oxygens (including phenoxy) is 4. The molecular formula is C18H27ClN4O6. The Morgan fingerprint density at radius 1 is 1.34 bits per heavy atom. The number of carbonyl (C=O) groups is 2. The van der Waals surface area contributed by atoms with Crippen molar-refractivity contribution in [3.05, 3.63) is 16.7 Å². The van der Waals surface area contributed by atoms with Gasteiger partial charge in [0.05, 0.1) is 37.4 Å². The molecule has 0 aliphatic carbocycles. The van der Waals surface area contributed by atoms with Crippen LogP contribution in [0, 0.1) is 0 Å². The summed E-state index contributed by atoms with van der Waals surface area (Å²) >= 11 is 5.99. The number of hydrogen-bond acceptors (Lipinski definition) is 9. The maximum atomic E-state index is 12.7. The van der Waals surface area contributed by atoms with E-state index in [9.17, 15) is 9.59 Å². The first-order valence-corrected chi connectivity index (χ1v) is 9.48. The third-order valence-corrected chi connectivity index (χ3v) is 4.87. The molecule has 29 heavy (non-hydrogen) atoms. The molecule has 1 aromatic heterocycles. The quantitative estimate of drug-likeness (QED) is 0.421. The zero-order chi connectivity index (χ0) is 21.4. The Morgan fingerprint density at radius 2 is 2.10 bits per heavy atom. The number of amides is 1. The average molecular weight is 431 g/mol. The molecule has 3 N–H and O–H groups in total. The summed E-state index contributed by atoms with van der Waals surface area (Å²) in [5.41, 5.74) is 5.85. The van der Waals surface area contributed by atoms with Gasteiger partial charge in [0.1, 0.15) is 18.0 Å². The van der Waals surface area contributed by atoms with Gasteiger partial charge < -0.3 is 30.0 Å². The number of carbonyl (C=O) groups excluding carboxylic acids is 2. The molecule has 1 fully saturated rings. The molecule has 0 aromatic carbocycles. The molecular weight excluding hydrogens is 404 g/mol. The lowest BCUT2D eigenvalue weighted by atomic mass is 10.0. The van der Waals surface area contributed by atoms with Gasteiger partial charge in [-0.3, -0.25) is 14.5 Å². The number of piperidine rings is 1. The van der Waals surface area contributed by atoms with E-state index in [0.717, 1.165) is 0 Å². The van der Waals surface area contributed by atoms with Crippen LogP contribution in [0.3, 0.4) is 0 Å². The van der Waals surface area contributed by atoms with Crippen molar-refractivity contribution in [3.8, 4) is 5.88 Å². The number of nitrogen functional groups attached to an aromatic ring is 1. The molecule has 162 valence electrons. The second kappa shape index (κ2) is 11.1. The molecule has 0 bridgehead atoms. The van der Waals surface area contributed by atoms with Gasteiger partial charge in [-0.2, -0.15) is 4.98 Å². The van der Waals surface area contributed by atoms with Crippen LogP contribution in [0.1, 0.15) is 16.8 Å². The lowest BCUT2D eigenvalue weighted by molar-refractivity contribution is -0.147. The molecule has 1 aliphatic rings. The molecule has 11 heteroatoms. The predicted molar refractivity (Wildman–Crippen MR) is 106 cm³/mol. The molecule has 1 aromatic rings. The van der Waals surface area contributed by atoms with Gasteiger partial charge in [0, 0.05) is 27.3 Å². The number of halogens is 1. The molecule has 0 radical (unpaired) electrons. The van der Waals surface area contributed by atoms with Crippen molar-refractivity contribution < 1.29 is 28.5 Å². The fourth-order valence-corrected chi connectivity index (χ4v) is 3.20. The van der Waals surface area contributed by atoms with Crippen LogP contribution in [0.25, 0.3) is 0 Å². The van der Waals surface area contributed by atoms with Crippen LogP contribution in [0.5, 0.6) is 5.88 Å². The zero-order valence-electron chi connectivity index (χ0n) is 16.8. The Labute approximate surface area is 174 Å². The maximum absolute atomic E-state index is 12.7. The summed E-state index contributed by atoms with van der Waals surface area (Å²) in [7, 11) is 4.50. The molecule has 2 unspecified atom stereocenters. The monoisotopic (exact) mass is 430 g/mol. The van der Waals surface area contributed by atoms with Crippen molar-refractivity contribution in [3.63, 3.8) is 0 Å². The van der Waals surface area contributed by atoms with Gasteiger partial charge in [-0.1, -0.05) is 11.6 Å². The number of hydrogen-bond donors (Lipinski definition) is 2. The molecule has 10 nitrogen and oxygen atoms in total. The van der Waals surface area contributed by atoms with Gasteiger partial charge in [0.15, 0.2) is 0 Å². The summed E-state index contributed by atoms with van der Waals surface area (Å²) in [5, 5.41) is 3.10. The minimum Gasteiger partial charge on any atom is -0.480 e. The summed E-state index contributed by atoms with van der Waals surface area (Å²) < 4.78 is 20.6. The number of methoxy groups -OCH3 is 3. The van der Waals surface area contributed by atoms with Gasteiger partial charge in [0.2, 0.25) is 5.88 Å². The number of likely N-dealkylation sites (tertiary alicyclic amines) is 1. The molecule has 1 aliphatic heterocycles. The molecule has 2 heterocycles. The van der Waals surface area contributed by atoms with Crippen molar-refractivity contribution in [2.45, 2.75) is 18.6 Å². The number of esters is 1. The minimum atomic E-state index is -0.393. The van der Waals surface area contributed by atoms with Crippen molar-refractivity contribution in [2.75, 3.05) is 59.9 Å². The largest absolute Gasteiger partial charge is 0.480 e. The third-order valence-electron chi connectivity index (χ3n) is 4.57. The lowest BCUT2D eigenvalue weighted by Crippen LogP contribution is -2.55. The first kappa shape index (κ1) is 23.1. The Bertz CT molecular complexity index is 720. The van der Waals surface area contributed by atoms with Crippen molar-refractivity contribution in [1.82, 2.24) is 15.2 Å². The molecule has 1 saturated heterocycles. The van der Waals surface area contributed by atoms with Crippen LogP contribution in [0.15, 0.2) is 6.07 Å². The van der Waals surface area contributed by atoms with Crippen LogP contribution < -0.4 is 15.8 Å². The number of pyridine rings is 1. The fraction of sp³-hybridized carbons (Fsp3) is 0.611. The first-order chi connectivity index (χ1) is 13.9. The molecule has 2 rings (SSSR count). The summed E-state index contributed by atoms with van der Waals surface area (Å²) in [6, 6.07) is 1.17. The van der Waals surface area contributed by atoms with E-state index in [1.54, 1.807) is 14.2 Å². The topological polar surface area (TPSA) is 125 Å². The van der Waals surface area contributed by atoms with E-state index >= 15 is 0 Å². The number of nitrogens with two attached hydrogens (primary N) is 1. The zero-order valence-corrected chi connectivity index (χ0v) is 17.5. The van der Waals surface area contributed by atoms with E-state index in [4.69, 9.17) is 36.3 Å². The third kappa shape index (κ3) is 6.43. The molecule has 1 amide bonds. The highest BCUT2D eigenvalue weighted by Crippen LogP contribution is 2.25. The second-order valence-corrected chi connectivity index (χ2v) is 6.91. The second-order valence-electron chi connectivity index (χ2n) is 6.50. The van der Waals surface area contributed by atoms with Crippen molar-refractivity contribution in [2.24, 2.45) is 0 Å². The first-order valence-electron chi connectivity index (χ1n) is 9.10. The maximum Gasteiger partial charge on any atom is 0.320 e. The minimum absolute atomic E-state index is 0.0838. The Morgan fingerprint density at radius 3 is 2.76 bits per heavy atom. The van der Waals surface area contributed by atoms with Crippen LogP contribution in [0.2, 0.25) is 5.02 Å². The van der Waals surface area contributed by atoms with E-state index in [1.165, 1.54) is 13.2 Å². The number of nitrogens with one attached hydrogen (secondary N) is 1. The molecule has 2 atom stereocenters. The highest BCUT2D eigenvalue weighted by Gasteiger charge is 2.32. The number of aromatic nitrogens is 1. The number of anilines is 1. The predicted octanol–water partition coefficient (Wildman–Crippen LogP) is 0.335. The normalized spacial score (nSPS) is 19.6. The van der Waals surface area contributed by atoms with Gasteiger partial charge in [-0.25, -0.2) is 0 Å². The van der Waals surface area contributed by atoms with E-state index in [0.29, 0.717) is 26.1 Å². The van der Waals surface area contributed by atoms with Crippen molar-refractivity contribution >= 4 is 29.3 Å². The smallest absolute Gasteiger partial charge is 0.320 e. The summed E-state index contributed by atoms with van der Waals surface area (Å²) in [6.07, 6.45) is 0.288. The highest BCUT2D eigenvalue weighted by atomic mass is 35.5. The SMILES string of the molecule is COCCOC(=O)CN1CCC(NC(=O)c2cc(Cl)c(N)nc2OC)C(OC)C1. The van der Waals surface area contributed by atoms with Gasteiger partial charge in [-0.15, -0.1) is 0 Å². The molecule has 0 spiro atoms. The fourth-order valence-electron chi connectivity index (χ4n) is 3.04. The average Bonchev–Trinajstić information content (AvgIpc) is 2.70. The standard InChI is InChI=1S/C18H27ClN4O6/c1-26-6-7-29-15(24)10-23-5-4-13(14(9-23)27-2)21-17(25)11-8-12(19)16(20)22-18(11)28-3/h8,13-14H,4-7,9-10H2,1-3H3,(H2,20,22)(H,21,25). The Hall–Kier alpha value is -2.14. The van der Waals surface area contributed by atoms with Gasteiger partial charge in [0.25, 0.3) is 5.91 Å². The van der Waals surface area contributed by atoms with Gasteiger partial charge >= 0.3 is 5.97 Å². The summed E-state index contributed by atoms with van der Waals surface area (Å²) in [6.45, 7) is 1.79. The Balaban J connectivity index is 1.96. The lowest BCUT2D eigenvalue weighted by Gasteiger charge is -2.37. The Kier molecular flexibility index (Phi) is 8.90. The number of nitrogens with zero attached hydrogens (tertiary/aromatic N) is 2. The van der Waals surface area contributed by atoms with E-state index in [1.807, 2.05) is 4.90 Å². The van der Waals surface area contributed by atoms with Crippen LogP contribution in [-0.4, -0.2) is 88.1 Å². The summed E-state index contributed by atoms with van der Waals surface area (Å²) in [5.74, 6) is -0.544. The van der Waals surface area contributed by atoms with E-state index in [2.05, 4.69) is 10.3 Å². The van der Waals surface area contributed by atoms with Crippen molar-refractivity contribution in [1.29, 1.82) is 0 Å². The van der Waals surface area contributed by atoms with Crippen LogP contribution in [0.4, 0.5) is 5.82 Å².